The lowest BCUT2D eigenvalue weighted by molar-refractivity contribution is -0.0304. The molecular weight excluding hydrogens is 236 g/mol. The first-order chi connectivity index (χ1) is 8.99. The lowest BCUT2D eigenvalue weighted by Gasteiger charge is -2.50. The molecule has 0 atom stereocenters. The lowest BCUT2D eigenvalue weighted by Crippen LogP contribution is -2.65. The number of rotatable bonds is 2. The number of hydrogen-bond donors (Lipinski definition) is 1. The minimum absolute atomic E-state index is 0.282. The third-order valence-corrected chi connectivity index (χ3v) is 4.19. The quantitative estimate of drug-likeness (QED) is 0.897. The third kappa shape index (κ3) is 1.98. The molecule has 0 amide bonds. The summed E-state index contributed by atoms with van der Waals surface area (Å²) >= 11 is 0. The van der Waals surface area contributed by atoms with E-state index in [9.17, 15) is 5.11 Å². The first-order valence-electron chi connectivity index (χ1n) is 6.83. The maximum Gasteiger partial charge on any atom is 0.132 e. The van der Waals surface area contributed by atoms with Crippen LogP contribution in [-0.2, 0) is 0 Å². The van der Waals surface area contributed by atoms with Crippen molar-refractivity contribution in [2.45, 2.75) is 26.4 Å². The van der Waals surface area contributed by atoms with E-state index in [2.05, 4.69) is 37.8 Å². The molecule has 0 unspecified atom stereocenters. The molecule has 3 heteroatoms. The Morgan fingerprint density at radius 2 is 1.95 bits per heavy atom. The van der Waals surface area contributed by atoms with E-state index in [-0.39, 0.29) is 5.92 Å². The summed E-state index contributed by atoms with van der Waals surface area (Å²) in [6, 6.07) is 10.3. The van der Waals surface area contributed by atoms with Gasteiger partial charge in [-0.1, -0.05) is 32.0 Å². The molecule has 0 spiro atoms. The fourth-order valence-corrected chi connectivity index (χ4v) is 2.66. The van der Waals surface area contributed by atoms with Gasteiger partial charge in [0.1, 0.15) is 11.4 Å². The van der Waals surface area contributed by atoms with Gasteiger partial charge in [0.15, 0.2) is 0 Å². The van der Waals surface area contributed by atoms with Crippen LogP contribution in [0.4, 0.5) is 5.82 Å². The Balaban J connectivity index is 1.93. The average molecular weight is 256 g/mol. The molecule has 2 aromatic rings. The van der Waals surface area contributed by atoms with Crippen molar-refractivity contribution in [3.8, 4) is 0 Å². The predicted octanol–water partition coefficient (Wildman–Crippen LogP) is 2.75. The second-order valence-corrected chi connectivity index (χ2v) is 5.94. The van der Waals surface area contributed by atoms with E-state index in [4.69, 9.17) is 4.98 Å². The summed E-state index contributed by atoms with van der Waals surface area (Å²) in [6.45, 7) is 7.57. The molecule has 3 rings (SSSR count). The Morgan fingerprint density at radius 1 is 1.26 bits per heavy atom. The van der Waals surface area contributed by atoms with Crippen LogP contribution in [0.5, 0.6) is 0 Å². The molecular formula is C16H20N2O. The van der Waals surface area contributed by atoms with E-state index >= 15 is 0 Å². The smallest absolute Gasteiger partial charge is 0.132 e. The Labute approximate surface area is 113 Å². The van der Waals surface area contributed by atoms with Crippen molar-refractivity contribution in [1.29, 1.82) is 0 Å². The molecule has 1 aliphatic heterocycles. The molecule has 0 saturated carbocycles. The van der Waals surface area contributed by atoms with Crippen molar-refractivity contribution < 1.29 is 5.11 Å². The molecule has 19 heavy (non-hydrogen) atoms. The van der Waals surface area contributed by atoms with E-state index in [1.165, 1.54) is 10.9 Å². The monoisotopic (exact) mass is 256 g/mol. The summed E-state index contributed by atoms with van der Waals surface area (Å²) in [7, 11) is 0. The minimum Gasteiger partial charge on any atom is -0.386 e. The number of fused-ring (bicyclic) bond motifs is 1. The van der Waals surface area contributed by atoms with Crippen molar-refractivity contribution in [2.24, 2.45) is 5.92 Å². The first kappa shape index (κ1) is 12.4. The van der Waals surface area contributed by atoms with Gasteiger partial charge in [-0.05, 0) is 30.5 Å². The highest BCUT2D eigenvalue weighted by atomic mass is 16.3. The van der Waals surface area contributed by atoms with Gasteiger partial charge in [0.25, 0.3) is 0 Å². The largest absolute Gasteiger partial charge is 0.386 e. The second kappa shape index (κ2) is 4.20. The van der Waals surface area contributed by atoms with E-state index in [1.807, 2.05) is 18.2 Å². The zero-order chi connectivity index (χ0) is 13.6. The van der Waals surface area contributed by atoms with Crippen LogP contribution in [0.15, 0.2) is 30.3 Å². The van der Waals surface area contributed by atoms with Crippen LogP contribution >= 0.6 is 0 Å². The van der Waals surface area contributed by atoms with Crippen molar-refractivity contribution in [2.75, 3.05) is 18.0 Å². The molecule has 1 aromatic heterocycles. The Hall–Kier alpha value is -1.61. The Morgan fingerprint density at radius 3 is 2.63 bits per heavy atom. The standard InChI is InChI=1S/C16H20N2O/c1-11(2)16(19)9-18(10-16)15-12(3)8-13-6-4-5-7-14(13)17-15/h4-8,11,19H,9-10H2,1-3H3. The highest BCUT2D eigenvalue weighted by Crippen LogP contribution is 2.34. The normalized spacial score (nSPS) is 17.8. The summed E-state index contributed by atoms with van der Waals surface area (Å²) in [4.78, 5) is 6.90. The zero-order valence-electron chi connectivity index (χ0n) is 11.7. The van der Waals surface area contributed by atoms with Crippen molar-refractivity contribution >= 4 is 16.7 Å². The third-order valence-electron chi connectivity index (χ3n) is 4.19. The highest BCUT2D eigenvalue weighted by Gasteiger charge is 2.44. The number of aliphatic hydroxyl groups is 1. The molecule has 3 nitrogen and oxygen atoms in total. The number of pyridine rings is 1. The second-order valence-electron chi connectivity index (χ2n) is 5.94. The van der Waals surface area contributed by atoms with Crippen molar-refractivity contribution in [3.63, 3.8) is 0 Å². The van der Waals surface area contributed by atoms with E-state index in [0.29, 0.717) is 13.1 Å². The number of benzene rings is 1. The fraction of sp³-hybridized carbons (Fsp3) is 0.438. The number of nitrogens with zero attached hydrogens (tertiary/aromatic N) is 2. The van der Waals surface area contributed by atoms with Gasteiger partial charge in [0.05, 0.1) is 18.6 Å². The van der Waals surface area contributed by atoms with Crippen LogP contribution in [-0.4, -0.2) is 28.8 Å². The van der Waals surface area contributed by atoms with Crippen LogP contribution < -0.4 is 4.90 Å². The summed E-state index contributed by atoms with van der Waals surface area (Å²) < 4.78 is 0. The topological polar surface area (TPSA) is 36.4 Å². The number of para-hydroxylation sites is 1. The van der Waals surface area contributed by atoms with Crippen LogP contribution in [0, 0.1) is 12.8 Å². The molecule has 1 fully saturated rings. The Bertz CT molecular complexity index is 615. The zero-order valence-corrected chi connectivity index (χ0v) is 11.7. The van der Waals surface area contributed by atoms with Crippen molar-refractivity contribution in [3.05, 3.63) is 35.9 Å². The molecule has 1 aliphatic rings. The molecule has 0 aliphatic carbocycles. The summed E-state index contributed by atoms with van der Waals surface area (Å²) in [5, 5.41) is 11.5. The SMILES string of the molecule is Cc1cc2ccccc2nc1N1CC(O)(C(C)C)C1. The molecule has 100 valence electrons. The first-order valence-corrected chi connectivity index (χ1v) is 6.83. The van der Waals surface area contributed by atoms with Gasteiger partial charge in [-0.25, -0.2) is 4.98 Å². The summed E-state index contributed by atoms with van der Waals surface area (Å²) in [5.74, 6) is 1.29. The maximum absolute atomic E-state index is 10.4. The number of aryl methyl sites for hydroxylation is 1. The number of hydrogen-bond acceptors (Lipinski definition) is 3. The van der Waals surface area contributed by atoms with Gasteiger partial charge < -0.3 is 10.0 Å². The van der Waals surface area contributed by atoms with Crippen LogP contribution in [0.2, 0.25) is 0 Å². The maximum atomic E-state index is 10.4. The molecule has 1 saturated heterocycles. The number of aromatic nitrogens is 1. The van der Waals surface area contributed by atoms with Gasteiger partial charge in [0, 0.05) is 5.39 Å². The van der Waals surface area contributed by atoms with E-state index in [1.54, 1.807) is 0 Å². The molecule has 1 aromatic carbocycles. The van der Waals surface area contributed by atoms with Crippen molar-refractivity contribution in [1.82, 2.24) is 4.98 Å². The lowest BCUT2D eigenvalue weighted by atomic mass is 9.83. The minimum atomic E-state index is -0.556. The average Bonchev–Trinajstić information content (AvgIpc) is 2.34. The number of β-amino-alcohol motifs (C(OH)–C–C–N with tert-alkyl or cyclic N) is 1. The molecule has 0 radical (unpaired) electrons. The van der Waals surface area contributed by atoms with Gasteiger partial charge >= 0.3 is 0 Å². The van der Waals surface area contributed by atoms with E-state index in [0.717, 1.165) is 11.3 Å². The highest BCUT2D eigenvalue weighted by molar-refractivity contribution is 5.81. The van der Waals surface area contributed by atoms with Crippen LogP contribution in [0.25, 0.3) is 10.9 Å². The Kier molecular flexibility index (Phi) is 2.75. The number of anilines is 1. The van der Waals surface area contributed by atoms with Gasteiger partial charge in [-0.3, -0.25) is 0 Å². The summed E-state index contributed by atoms with van der Waals surface area (Å²) in [5.41, 5.74) is 1.63. The van der Waals surface area contributed by atoms with Gasteiger partial charge in [-0.2, -0.15) is 0 Å². The van der Waals surface area contributed by atoms with Gasteiger partial charge in [-0.15, -0.1) is 0 Å². The molecule has 1 N–H and O–H groups in total. The van der Waals surface area contributed by atoms with Crippen LogP contribution in [0.1, 0.15) is 19.4 Å². The van der Waals surface area contributed by atoms with Gasteiger partial charge in [0.2, 0.25) is 0 Å². The van der Waals surface area contributed by atoms with Crippen LogP contribution in [0.3, 0.4) is 0 Å². The van der Waals surface area contributed by atoms with E-state index < -0.39 is 5.60 Å². The summed E-state index contributed by atoms with van der Waals surface area (Å²) in [6.07, 6.45) is 0. The molecule has 0 bridgehead atoms. The molecule has 2 heterocycles. The fourth-order valence-electron chi connectivity index (χ4n) is 2.66. The predicted molar refractivity (Wildman–Crippen MR) is 78.5 cm³/mol.